The molecule has 3 aromatic rings. The highest BCUT2D eigenvalue weighted by Gasteiger charge is 2.11. The summed E-state index contributed by atoms with van der Waals surface area (Å²) in [4.78, 5) is 27.6. The third kappa shape index (κ3) is 3.52. The van der Waals surface area contributed by atoms with E-state index >= 15 is 0 Å². The van der Waals surface area contributed by atoms with E-state index in [1.807, 2.05) is 6.07 Å². The number of primary amides is 1. The topological polar surface area (TPSA) is 82.3 Å². The molecule has 1 aromatic heterocycles. The largest absolute Gasteiger partial charge is 0.456 e. The average Bonchev–Trinajstić information content (AvgIpc) is 2.59. The molecule has 2 aromatic carbocycles. The molecule has 0 aliphatic rings. The maximum atomic E-state index is 12.2. The van der Waals surface area contributed by atoms with Gasteiger partial charge in [0, 0.05) is 16.0 Å². The number of benzene rings is 2. The SMILES string of the molecule is NC(=O)c1cccc(COC(=O)c2ccc3ccc(Cl)cc3n2)c1. The molecule has 5 nitrogen and oxygen atoms in total. The summed E-state index contributed by atoms with van der Waals surface area (Å²) in [5, 5.41) is 1.42. The first-order chi connectivity index (χ1) is 11.5. The molecule has 0 saturated carbocycles. The molecule has 0 radical (unpaired) electrons. The zero-order valence-electron chi connectivity index (χ0n) is 12.5. The van der Waals surface area contributed by atoms with Crippen molar-refractivity contribution in [2.45, 2.75) is 6.61 Å². The van der Waals surface area contributed by atoms with Crippen LogP contribution in [0.4, 0.5) is 0 Å². The molecular weight excluding hydrogens is 328 g/mol. The molecule has 1 amide bonds. The number of carbonyl (C=O) groups excluding carboxylic acids is 2. The van der Waals surface area contributed by atoms with Crippen molar-refractivity contribution in [3.8, 4) is 0 Å². The smallest absolute Gasteiger partial charge is 0.357 e. The number of amides is 1. The molecule has 0 atom stereocenters. The summed E-state index contributed by atoms with van der Waals surface area (Å²) in [5.74, 6) is -1.09. The summed E-state index contributed by atoms with van der Waals surface area (Å²) in [6.45, 7) is 0.0230. The Morgan fingerprint density at radius 3 is 2.67 bits per heavy atom. The Kier molecular flexibility index (Phi) is 4.44. The van der Waals surface area contributed by atoms with Crippen molar-refractivity contribution >= 4 is 34.4 Å². The summed E-state index contributed by atoms with van der Waals surface area (Å²) >= 11 is 5.94. The van der Waals surface area contributed by atoms with Gasteiger partial charge < -0.3 is 10.5 Å². The second-order valence-corrected chi connectivity index (χ2v) is 5.61. The Labute approximate surface area is 143 Å². The quantitative estimate of drug-likeness (QED) is 0.738. The van der Waals surface area contributed by atoms with E-state index in [0.717, 1.165) is 5.39 Å². The predicted octanol–water partition coefficient (Wildman–Crippen LogP) is 3.34. The van der Waals surface area contributed by atoms with Crippen LogP contribution in [0.25, 0.3) is 10.9 Å². The van der Waals surface area contributed by atoms with Crippen LogP contribution in [0.3, 0.4) is 0 Å². The average molecular weight is 341 g/mol. The second-order valence-electron chi connectivity index (χ2n) is 5.17. The lowest BCUT2D eigenvalue weighted by molar-refractivity contribution is 0.0466. The minimum atomic E-state index is -0.554. The van der Waals surface area contributed by atoms with E-state index < -0.39 is 11.9 Å². The van der Waals surface area contributed by atoms with Gasteiger partial charge in [-0.1, -0.05) is 35.9 Å². The molecule has 0 unspecified atom stereocenters. The van der Waals surface area contributed by atoms with Crippen LogP contribution >= 0.6 is 11.6 Å². The van der Waals surface area contributed by atoms with Crippen molar-refractivity contribution in [3.05, 3.63) is 76.4 Å². The standard InChI is InChI=1S/C18H13ClN2O3/c19-14-6-4-12-5-7-15(21-16(12)9-14)18(23)24-10-11-2-1-3-13(8-11)17(20)22/h1-9H,10H2,(H2,20,22). The number of nitrogens with two attached hydrogens (primary N) is 1. The lowest BCUT2D eigenvalue weighted by Crippen LogP contribution is -2.12. The summed E-state index contributed by atoms with van der Waals surface area (Å²) in [6.07, 6.45) is 0. The van der Waals surface area contributed by atoms with Gasteiger partial charge in [0.1, 0.15) is 12.3 Å². The summed E-state index contributed by atoms with van der Waals surface area (Å²) in [7, 11) is 0. The fourth-order valence-corrected chi connectivity index (χ4v) is 2.41. The minimum absolute atomic E-state index is 0.0230. The Balaban J connectivity index is 1.75. The van der Waals surface area contributed by atoms with Gasteiger partial charge in [0.05, 0.1) is 5.52 Å². The van der Waals surface area contributed by atoms with Gasteiger partial charge in [-0.05, 0) is 35.9 Å². The van der Waals surface area contributed by atoms with Gasteiger partial charge in [-0.3, -0.25) is 4.79 Å². The zero-order valence-corrected chi connectivity index (χ0v) is 13.3. The number of rotatable bonds is 4. The molecule has 120 valence electrons. The molecule has 0 fully saturated rings. The van der Waals surface area contributed by atoms with Gasteiger partial charge >= 0.3 is 5.97 Å². The lowest BCUT2D eigenvalue weighted by Gasteiger charge is -2.06. The van der Waals surface area contributed by atoms with Gasteiger partial charge in [-0.15, -0.1) is 0 Å². The Morgan fingerprint density at radius 2 is 1.88 bits per heavy atom. The molecule has 6 heteroatoms. The number of aromatic nitrogens is 1. The first kappa shape index (κ1) is 16.0. The summed E-state index contributed by atoms with van der Waals surface area (Å²) < 4.78 is 5.24. The normalized spacial score (nSPS) is 10.5. The number of pyridine rings is 1. The Bertz CT molecular complexity index is 940. The van der Waals surface area contributed by atoms with Crippen LogP contribution in [-0.4, -0.2) is 16.9 Å². The van der Waals surface area contributed by atoms with Crippen molar-refractivity contribution in [3.63, 3.8) is 0 Å². The first-order valence-corrected chi connectivity index (χ1v) is 7.53. The number of hydrogen-bond acceptors (Lipinski definition) is 4. The van der Waals surface area contributed by atoms with Crippen molar-refractivity contribution in [1.29, 1.82) is 0 Å². The van der Waals surface area contributed by atoms with E-state index in [4.69, 9.17) is 22.1 Å². The Hall–Kier alpha value is -2.92. The van der Waals surface area contributed by atoms with Crippen LogP contribution in [0.5, 0.6) is 0 Å². The third-order valence-electron chi connectivity index (χ3n) is 3.44. The van der Waals surface area contributed by atoms with E-state index in [0.29, 0.717) is 21.7 Å². The van der Waals surface area contributed by atoms with Crippen molar-refractivity contribution in [2.24, 2.45) is 5.73 Å². The Morgan fingerprint density at radius 1 is 1.08 bits per heavy atom. The van der Waals surface area contributed by atoms with Crippen LogP contribution in [0, 0.1) is 0 Å². The molecule has 24 heavy (non-hydrogen) atoms. The van der Waals surface area contributed by atoms with Gasteiger partial charge in [-0.25, -0.2) is 9.78 Å². The van der Waals surface area contributed by atoms with E-state index in [9.17, 15) is 9.59 Å². The third-order valence-corrected chi connectivity index (χ3v) is 3.68. The fourth-order valence-electron chi connectivity index (χ4n) is 2.24. The van der Waals surface area contributed by atoms with Gasteiger partial charge in [0.2, 0.25) is 5.91 Å². The van der Waals surface area contributed by atoms with Crippen LogP contribution < -0.4 is 5.73 Å². The van der Waals surface area contributed by atoms with Crippen LogP contribution in [-0.2, 0) is 11.3 Å². The number of carbonyl (C=O) groups is 2. The van der Waals surface area contributed by atoms with E-state index in [1.54, 1.807) is 48.5 Å². The first-order valence-electron chi connectivity index (χ1n) is 7.15. The number of ether oxygens (including phenoxy) is 1. The maximum Gasteiger partial charge on any atom is 0.357 e. The highest BCUT2D eigenvalue weighted by molar-refractivity contribution is 6.31. The van der Waals surface area contributed by atoms with Gasteiger partial charge in [-0.2, -0.15) is 0 Å². The van der Waals surface area contributed by atoms with Crippen LogP contribution in [0.2, 0.25) is 5.02 Å². The van der Waals surface area contributed by atoms with Crippen LogP contribution in [0.1, 0.15) is 26.4 Å². The zero-order chi connectivity index (χ0) is 17.1. The number of esters is 1. The highest BCUT2D eigenvalue weighted by atomic mass is 35.5. The molecule has 0 bridgehead atoms. The highest BCUT2D eigenvalue weighted by Crippen LogP contribution is 2.18. The lowest BCUT2D eigenvalue weighted by atomic mass is 10.1. The molecule has 0 aliphatic heterocycles. The van der Waals surface area contributed by atoms with Gasteiger partial charge in [0.15, 0.2) is 0 Å². The molecule has 0 aliphatic carbocycles. The number of fused-ring (bicyclic) bond motifs is 1. The fraction of sp³-hybridized carbons (Fsp3) is 0.0556. The summed E-state index contributed by atoms with van der Waals surface area (Å²) in [6, 6.07) is 15.3. The molecule has 0 spiro atoms. The van der Waals surface area contributed by atoms with E-state index in [2.05, 4.69) is 4.98 Å². The van der Waals surface area contributed by atoms with Crippen molar-refractivity contribution in [2.75, 3.05) is 0 Å². The molecular formula is C18H13ClN2O3. The van der Waals surface area contributed by atoms with Crippen molar-refractivity contribution in [1.82, 2.24) is 4.98 Å². The van der Waals surface area contributed by atoms with Crippen molar-refractivity contribution < 1.29 is 14.3 Å². The summed E-state index contributed by atoms with van der Waals surface area (Å²) in [5.41, 5.74) is 7.07. The number of halogens is 1. The predicted molar refractivity (Wildman–Crippen MR) is 90.8 cm³/mol. The molecule has 1 heterocycles. The second kappa shape index (κ2) is 6.68. The van der Waals surface area contributed by atoms with Gasteiger partial charge in [0.25, 0.3) is 0 Å². The molecule has 0 saturated heterocycles. The van der Waals surface area contributed by atoms with E-state index in [1.165, 1.54) is 0 Å². The number of hydrogen-bond donors (Lipinski definition) is 1. The molecule has 2 N–H and O–H groups in total. The van der Waals surface area contributed by atoms with Crippen LogP contribution in [0.15, 0.2) is 54.6 Å². The minimum Gasteiger partial charge on any atom is -0.456 e. The molecule has 3 rings (SSSR count). The number of nitrogens with zero attached hydrogens (tertiary/aromatic N) is 1. The van der Waals surface area contributed by atoms with E-state index in [-0.39, 0.29) is 12.3 Å². The monoisotopic (exact) mass is 340 g/mol. The maximum absolute atomic E-state index is 12.2.